The molecule has 0 aromatic carbocycles. The second kappa shape index (κ2) is 5.48. The minimum Gasteiger partial charge on any atom is -0.481 e. The average molecular weight is 300 g/mol. The van der Waals surface area contributed by atoms with Gasteiger partial charge in [0.05, 0.1) is 25.5 Å². The molecule has 1 N–H and O–H groups in total. The van der Waals surface area contributed by atoms with Gasteiger partial charge in [0, 0.05) is 24.0 Å². The fourth-order valence-electron chi connectivity index (χ4n) is 3.61. The summed E-state index contributed by atoms with van der Waals surface area (Å²) in [5, 5.41) is 3.05. The van der Waals surface area contributed by atoms with Gasteiger partial charge < -0.3 is 14.8 Å². The van der Waals surface area contributed by atoms with Crippen LogP contribution >= 0.6 is 0 Å². The van der Waals surface area contributed by atoms with Gasteiger partial charge in [-0.15, -0.1) is 0 Å². The molecule has 5 nitrogen and oxygen atoms in total. The number of allylic oxidation sites excluding steroid dienone is 2. The van der Waals surface area contributed by atoms with Gasteiger partial charge >= 0.3 is 6.09 Å². The topological polar surface area (TPSA) is 60.5 Å². The zero-order chi connectivity index (χ0) is 15.7. The number of ether oxygens (including phenoxy) is 2. The number of fused-ring (bicyclic) bond motifs is 4. The van der Waals surface area contributed by atoms with Crippen molar-refractivity contribution in [1.82, 2.24) is 10.3 Å². The Morgan fingerprint density at radius 1 is 1.45 bits per heavy atom. The lowest BCUT2D eigenvalue weighted by atomic mass is 9.65. The number of methoxy groups -OCH3 is 2. The maximum absolute atomic E-state index is 11.9. The zero-order valence-electron chi connectivity index (χ0n) is 13.1. The van der Waals surface area contributed by atoms with Gasteiger partial charge in [-0.05, 0) is 25.0 Å². The summed E-state index contributed by atoms with van der Waals surface area (Å²) in [6, 6.07) is 3.83. The van der Waals surface area contributed by atoms with Gasteiger partial charge in [0.15, 0.2) is 0 Å². The van der Waals surface area contributed by atoms with E-state index in [2.05, 4.69) is 28.5 Å². The Morgan fingerprint density at radius 2 is 2.27 bits per heavy atom. The van der Waals surface area contributed by atoms with E-state index in [1.807, 2.05) is 19.1 Å². The van der Waals surface area contributed by atoms with Crippen molar-refractivity contribution in [1.29, 1.82) is 0 Å². The first kappa shape index (κ1) is 14.6. The van der Waals surface area contributed by atoms with Crippen LogP contribution in [-0.4, -0.2) is 25.3 Å². The summed E-state index contributed by atoms with van der Waals surface area (Å²) in [6.07, 6.45) is 7.48. The van der Waals surface area contributed by atoms with Crippen LogP contribution < -0.4 is 10.1 Å². The minimum absolute atomic E-state index is 0.239. The number of rotatable bonds is 2. The summed E-state index contributed by atoms with van der Waals surface area (Å²) in [5.41, 5.74) is 2.61. The highest BCUT2D eigenvalue weighted by atomic mass is 16.5. The third-order valence-corrected chi connectivity index (χ3v) is 4.53. The molecule has 2 atom stereocenters. The summed E-state index contributed by atoms with van der Waals surface area (Å²) < 4.78 is 10.1. The molecular weight excluding hydrogens is 280 g/mol. The SMILES string of the molecule is CC=C1[C@@H]2C=CC[C@@]1(NC(=O)OC)c1ccc(OC)nc1C2. The second-order valence-corrected chi connectivity index (χ2v) is 5.56. The lowest BCUT2D eigenvalue weighted by Gasteiger charge is -2.46. The van der Waals surface area contributed by atoms with Crippen LogP contribution in [0.15, 0.2) is 35.9 Å². The van der Waals surface area contributed by atoms with Crippen LogP contribution in [0.2, 0.25) is 0 Å². The molecule has 1 aromatic rings. The number of carbonyl (C=O) groups excluding carboxylic acids is 1. The monoisotopic (exact) mass is 300 g/mol. The van der Waals surface area contributed by atoms with E-state index in [4.69, 9.17) is 9.47 Å². The molecule has 0 fully saturated rings. The molecule has 2 aliphatic rings. The Kier molecular flexibility index (Phi) is 3.64. The number of hydrogen-bond acceptors (Lipinski definition) is 4. The van der Waals surface area contributed by atoms with Crippen LogP contribution in [-0.2, 0) is 16.7 Å². The van der Waals surface area contributed by atoms with Crippen LogP contribution in [0.1, 0.15) is 24.6 Å². The van der Waals surface area contributed by atoms with Gasteiger partial charge in [-0.1, -0.05) is 18.2 Å². The molecule has 5 heteroatoms. The van der Waals surface area contributed by atoms with E-state index in [9.17, 15) is 4.79 Å². The molecule has 0 aliphatic heterocycles. The van der Waals surface area contributed by atoms with E-state index >= 15 is 0 Å². The van der Waals surface area contributed by atoms with E-state index in [0.717, 1.165) is 17.7 Å². The number of pyridine rings is 1. The number of aromatic nitrogens is 1. The molecule has 0 saturated heterocycles. The average Bonchev–Trinajstić information content (AvgIpc) is 2.53. The van der Waals surface area contributed by atoms with Crippen molar-refractivity contribution in [2.75, 3.05) is 14.2 Å². The third-order valence-electron chi connectivity index (χ3n) is 4.53. The molecule has 2 aliphatic carbocycles. The van der Waals surface area contributed by atoms with E-state index in [0.29, 0.717) is 12.3 Å². The van der Waals surface area contributed by atoms with Gasteiger partial charge in [0.1, 0.15) is 0 Å². The van der Waals surface area contributed by atoms with Crippen LogP contribution in [0, 0.1) is 5.92 Å². The van der Waals surface area contributed by atoms with Crippen LogP contribution in [0.3, 0.4) is 0 Å². The predicted molar refractivity (Wildman–Crippen MR) is 82.7 cm³/mol. The van der Waals surface area contributed by atoms with E-state index in [-0.39, 0.29) is 5.92 Å². The molecule has 1 aromatic heterocycles. The van der Waals surface area contributed by atoms with Crippen molar-refractivity contribution in [3.8, 4) is 5.88 Å². The lowest BCUT2D eigenvalue weighted by Crippen LogP contribution is -2.52. The molecule has 0 radical (unpaired) electrons. The Bertz CT molecular complexity index is 666. The summed E-state index contributed by atoms with van der Waals surface area (Å²) >= 11 is 0. The molecule has 3 rings (SSSR count). The van der Waals surface area contributed by atoms with Crippen molar-refractivity contribution >= 4 is 6.09 Å². The number of carbonyl (C=O) groups is 1. The maximum Gasteiger partial charge on any atom is 0.407 e. The quantitative estimate of drug-likeness (QED) is 0.853. The fraction of sp³-hybridized carbons (Fsp3) is 0.412. The first-order valence-electron chi connectivity index (χ1n) is 7.38. The highest BCUT2D eigenvalue weighted by Gasteiger charge is 2.47. The number of nitrogens with one attached hydrogen (secondary N) is 1. The predicted octanol–water partition coefficient (Wildman–Crippen LogP) is 2.72. The standard InChI is InChI=1S/C17H20N2O3/c1-4-12-11-6-5-9-17(12,19-16(20)22-3)13-7-8-15(21-2)18-14(13)10-11/h4-8,11H,9-10H2,1-3H3,(H,19,20)/t11-,17+/m1/s1. The van der Waals surface area contributed by atoms with Crippen molar-refractivity contribution in [3.63, 3.8) is 0 Å². The minimum atomic E-state index is -0.575. The molecule has 0 saturated carbocycles. The Labute approximate surface area is 130 Å². The van der Waals surface area contributed by atoms with E-state index in [1.54, 1.807) is 7.11 Å². The summed E-state index contributed by atoms with van der Waals surface area (Å²) in [5.74, 6) is 0.834. The molecule has 0 unspecified atom stereocenters. The summed E-state index contributed by atoms with van der Waals surface area (Å²) in [4.78, 5) is 16.5. The fourth-order valence-corrected chi connectivity index (χ4v) is 3.61. The van der Waals surface area contributed by atoms with Gasteiger partial charge in [0.2, 0.25) is 5.88 Å². The zero-order valence-corrected chi connectivity index (χ0v) is 13.1. The van der Waals surface area contributed by atoms with E-state index in [1.165, 1.54) is 12.7 Å². The largest absolute Gasteiger partial charge is 0.481 e. The molecular formula is C17H20N2O3. The van der Waals surface area contributed by atoms with Crippen LogP contribution in [0.5, 0.6) is 5.88 Å². The van der Waals surface area contributed by atoms with Crippen molar-refractivity contribution in [2.24, 2.45) is 5.92 Å². The Morgan fingerprint density at radius 3 is 2.95 bits per heavy atom. The molecule has 2 bridgehead atoms. The third kappa shape index (κ3) is 2.08. The molecule has 22 heavy (non-hydrogen) atoms. The Balaban J connectivity index is 2.18. The van der Waals surface area contributed by atoms with E-state index < -0.39 is 11.6 Å². The first-order chi connectivity index (χ1) is 10.6. The second-order valence-electron chi connectivity index (χ2n) is 5.56. The number of nitrogens with zero attached hydrogens (tertiary/aromatic N) is 1. The van der Waals surface area contributed by atoms with Gasteiger partial charge in [-0.3, -0.25) is 0 Å². The molecule has 1 heterocycles. The number of hydrogen-bond donors (Lipinski definition) is 1. The summed E-state index contributed by atoms with van der Waals surface area (Å²) in [7, 11) is 2.99. The Hall–Kier alpha value is -2.30. The van der Waals surface area contributed by atoms with Crippen molar-refractivity contribution < 1.29 is 14.3 Å². The highest BCUT2D eigenvalue weighted by Crippen LogP contribution is 2.48. The van der Waals surface area contributed by atoms with Gasteiger partial charge in [-0.25, -0.2) is 9.78 Å². The van der Waals surface area contributed by atoms with Crippen LogP contribution in [0.4, 0.5) is 4.79 Å². The highest BCUT2D eigenvalue weighted by molar-refractivity contribution is 5.71. The number of alkyl carbamates (subject to hydrolysis) is 1. The molecule has 0 spiro atoms. The number of amides is 1. The lowest BCUT2D eigenvalue weighted by molar-refractivity contribution is 0.156. The van der Waals surface area contributed by atoms with Crippen LogP contribution in [0.25, 0.3) is 0 Å². The normalized spacial score (nSPS) is 27.2. The summed E-state index contributed by atoms with van der Waals surface area (Å²) in [6.45, 7) is 2.01. The van der Waals surface area contributed by atoms with Gasteiger partial charge in [0.25, 0.3) is 0 Å². The molecule has 116 valence electrons. The molecule has 1 amide bonds. The van der Waals surface area contributed by atoms with Crippen molar-refractivity contribution in [2.45, 2.75) is 25.3 Å². The van der Waals surface area contributed by atoms with Crippen molar-refractivity contribution in [3.05, 3.63) is 47.2 Å². The van der Waals surface area contributed by atoms with Gasteiger partial charge in [-0.2, -0.15) is 0 Å². The maximum atomic E-state index is 11.9. The first-order valence-corrected chi connectivity index (χ1v) is 7.38. The smallest absolute Gasteiger partial charge is 0.407 e.